The predicted molar refractivity (Wildman–Crippen MR) is 257 cm³/mol. The molecule has 0 heterocycles. The maximum Gasteiger partial charge on any atom is 0.187 e. The number of nitriles is 1. The van der Waals surface area contributed by atoms with Crippen LogP contribution in [-0.2, 0) is 10.8 Å². The second kappa shape index (κ2) is 15.0. The molecule has 8 aromatic carbocycles. The summed E-state index contributed by atoms with van der Waals surface area (Å²) < 4.78 is 0. The molecule has 2 aliphatic rings. The van der Waals surface area contributed by atoms with E-state index in [0.29, 0.717) is 11.3 Å². The van der Waals surface area contributed by atoms with Crippen molar-refractivity contribution >= 4 is 52.0 Å². The van der Waals surface area contributed by atoms with E-state index in [1.165, 1.54) is 55.6 Å². The first-order chi connectivity index (χ1) is 30.1. The number of hydrogen-bond donors (Lipinski definition) is 0. The Morgan fingerprint density at radius 2 is 0.790 bits per heavy atom. The van der Waals surface area contributed by atoms with Crippen LogP contribution in [0.5, 0.6) is 0 Å². The van der Waals surface area contributed by atoms with Crippen LogP contribution in [0.3, 0.4) is 0 Å². The van der Waals surface area contributed by atoms with E-state index in [9.17, 15) is 5.26 Å². The minimum absolute atomic E-state index is 0.209. The van der Waals surface area contributed by atoms with Gasteiger partial charge in [-0.2, -0.15) is 5.26 Å². The monoisotopic (exact) mass is 796 g/mol. The van der Waals surface area contributed by atoms with E-state index in [1.54, 1.807) is 0 Å². The lowest BCUT2D eigenvalue weighted by Crippen LogP contribution is -2.16. The summed E-state index contributed by atoms with van der Waals surface area (Å²) in [6, 6.07) is 66.2. The van der Waals surface area contributed by atoms with Crippen molar-refractivity contribution < 1.29 is 0 Å². The number of rotatable bonds is 8. The minimum atomic E-state index is -0.211. The van der Waals surface area contributed by atoms with Crippen LogP contribution < -0.4 is 9.80 Å². The summed E-state index contributed by atoms with van der Waals surface area (Å²) in [7, 11) is 0. The molecule has 8 aromatic rings. The van der Waals surface area contributed by atoms with Gasteiger partial charge in [-0.05, 0) is 141 Å². The van der Waals surface area contributed by atoms with Gasteiger partial charge < -0.3 is 9.80 Å². The maximum absolute atomic E-state index is 9.46. The second-order valence-electron chi connectivity index (χ2n) is 17.3. The molecule has 0 saturated carbocycles. The zero-order valence-corrected chi connectivity index (χ0v) is 35.3. The first-order valence-corrected chi connectivity index (χ1v) is 21.1. The highest BCUT2D eigenvalue weighted by Crippen LogP contribution is 2.53. The van der Waals surface area contributed by atoms with Gasteiger partial charge in [-0.3, -0.25) is 0 Å². The SMILES string of the molecule is [C-]#[N+]c1ccc(N(c2ccccc2)c2ccc3c(c2)C(C)(C)c2cc(C=Cc4ccc5c(c4)C(C)(C)c4cc(N(c6ccccc6)c6ccc(C#N)cc6)ccc4-5)ccc2-3)cc1. The van der Waals surface area contributed by atoms with Crippen molar-refractivity contribution in [3.63, 3.8) is 0 Å². The molecule has 0 amide bonds. The molecule has 4 nitrogen and oxygen atoms in total. The number of nitrogens with zero attached hydrogens (tertiary/aromatic N) is 4. The summed E-state index contributed by atoms with van der Waals surface area (Å²) >= 11 is 0. The third-order valence-corrected chi connectivity index (χ3v) is 12.9. The van der Waals surface area contributed by atoms with Crippen LogP contribution in [0.15, 0.2) is 182 Å². The van der Waals surface area contributed by atoms with E-state index >= 15 is 0 Å². The molecule has 0 radical (unpaired) electrons. The Kier molecular flexibility index (Phi) is 9.24. The highest BCUT2D eigenvalue weighted by molar-refractivity contribution is 5.89. The highest BCUT2D eigenvalue weighted by Gasteiger charge is 2.37. The zero-order chi connectivity index (χ0) is 42.6. The van der Waals surface area contributed by atoms with Crippen molar-refractivity contribution in [3.8, 4) is 28.3 Å². The van der Waals surface area contributed by atoms with Gasteiger partial charge in [-0.1, -0.05) is 137 Å². The van der Waals surface area contributed by atoms with Crippen molar-refractivity contribution in [2.75, 3.05) is 9.80 Å². The lowest BCUT2D eigenvalue weighted by atomic mass is 9.81. The minimum Gasteiger partial charge on any atom is -0.311 e. The van der Waals surface area contributed by atoms with Crippen molar-refractivity contribution in [2.24, 2.45) is 0 Å². The van der Waals surface area contributed by atoms with Crippen LogP contribution in [0.1, 0.15) is 66.6 Å². The molecule has 0 fully saturated rings. The van der Waals surface area contributed by atoms with Crippen molar-refractivity contribution in [3.05, 3.63) is 232 Å². The van der Waals surface area contributed by atoms with Crippen LogP contribution >= 0.6 is 0 Å². The van der Waals surface area contributed by atoms with E-state index in [2.05, 4.69) is 182 Å². The molecule has 4 heteroatoms. The molecule has 0 aliphatic heterocycles. The molecule has 0 aromatic heterocycles. The fraction of sp³-hybridized carbons (Fsp3) is 0.103. The number of benzene rings is 8. The number of anilines is 6. The second-order valence-corrected chi connectivity index (χ2v) is 17.3. The van der Waals surface area contributed by atoms with E-state index in [1.807, 2.05) is 60.7 Å². The van der Waals surface area contributed by atoms with E-state index in [-0.39, 0.29) is 10.8 Å². The summed E-state index contributed by atoms with van der Waals surface area (Å²) in [5, 5.41) is 9.46. The topological polar surface area (TPSA) is 34.6 Å². The van der Waals surface area contributed by atoms with Gasteiger partial charge in [-0.25, -0.2) is 4.85 Å². The first-order valence-electron chi connectivity index (χ1n) is 21.1. The Morgan fingerprint density at radius 1 is 0.435 bits per heavy atom. The van der Waals surface area contributed by atoms with E-state index < -0.39 is 0 Å². The smallest absolute Gasteiger partial charge is 0.187 e. The van der Waals surface area contributed by atoms with Crippen LogP contribution in [0, 0.1) is 17.9 Å². The molecule has 62 heavy (non-hydrogen) atoms. The molecule has 0 bridgehead atoms. The largest absolute Gasteiger partial charge is 0.311 e. The van der Waals surface area contributed by atoms with Gasteiger partial charge in [-0.15, -0.1) is 0 Å². The molecular formula is C58H44N4. The average molecular weight is 797 g/mol. The Labute approximate surface area is 364 Å². The van der Waals surface area contributed by atoms with Crippen LogP contribution in [-0.4, -0.2) is 0 Å². The lowest BCUT2D eigenvalue weighted by molar-refractivity contribution is 0.660. The molecule has 0 unspecified atom stereocenters. The van der Waals surface area contributed by atoms with Crippen LogP contribution in [0.4, 0.5) is 39.8 Å². The van der Waals surface area contributed by atoms with Crippen molar-refractivity contribution in [1.29, 1.82) is 5.26 Å². The number of hydrogen-bond acceptors (Lipinski definition) is 3. The molecule has 296 valence electrons. The standard InChI is InChI=1S/C58H44N4/c1-57(2)53-34-39(20-30-49(53)51-32-28-47(36-55(51)57)61(43-12-8-6-9-13-43)45-24-18-41(38-59)19-25-45)16-17-40-21-31-50-52-33-29-48(37-56(52)58(3,4)54(50)35-40)62(44-14-10-7-11-15-44)46-26-22-42(60-5)23-27-46/h6-37H,1-4H3. The Hall–Kier alpha value is -7.92. The summed E-state index contributed by atoms with van der Waals surface area (Å²) in [5.41, 5.74) is 19.9. The first kappa shape index (κ1) is 38.3. The summed E-state index contributed by atoms with van der Waals surface area (Å²) in [6.45, 7) is 16.8. The third-order valence-electron chi connectivity index (χ3n) is 12.9. The Bertz CT molecular complexity index is 2910. The molecule has 0 spiro atoms. The molecule has 2 aliphatic carbocycles. The van der Waals surface area contributed by atoms with Gasteiger partial charge in [0.25, 0.3) is 0 Å². The van der Waals surface area contributed by atoms with E-state index in [0.717, 1.165) is 34.1 Å². The van der Waals surface area contributed by atoms with Gasteiger partial charge in [0, 0.05) is 45.0 Å². The van der Waals surface area contributed by atoms with Gasteiger partial charge >= 0.3 is 0 Å². The van der Waals surface area contributed by atoms with Crippen molar-refractivity contribution in [2.45, 2.75) is 38.5 Å². The molecule has 10 rings (SSSR count). The molecule has 0 atom stereocenters. The van der Waals surface area contributed by atoms with Gasteiger partial charge in [0.1, 0.15) is 0 Å². The molecular weight excluding hydrogens is 753 g/mol. The molecule has 0 saturated heterocycles. The van der Waals surface area contributed by atoms with E-state index in [4.69, 9.17) is 6.57 Å². The summed E-state index contributed by atoms with van der Waals surface area (Å²) in [4.78, 5) is 8.15. The van der Waals surface area contributed by atoms with Crippen LogP contribution in [0.2, 0.25) is 0 Å². The fourth-order valence-electron chi connectivity index (χ4n) is 9.57. The predicted octanol–water partition coefficient (Wildman–Crippen LogP) is 15.8. The third kappa shape index (κ3) is 6.46. The van der Waals surface area contributed by atoms with Crippen LogP contribution in [0.25, 0.3) is 39.3 Å². The summed E-state index contributed by atoms with van der Waals surface area (Å²) in [5.74, 6) is 0. The van der Waals surface area contributed by atoms with Crippen molar-refractivity contribution in [1.82, 2.24) is 0 Å². The maximum atomic E-state index is 9.46. The lowest BCUT2D eigenvalue weighted by Gasteiger charge is -2.28. The summed E-state index contributed by atoms with van der Waals surface area (Å²) in [6.07, 6.45) is 4.50. The van der Waals surface area contributed by atoms with Gasteiger partial charge in [0.2, 0.25) is 0 Å². The average Bonchev–Trinajstić information content (AvgIpc) is 3.67. The number of fused-ring (bicyclic) bond motifs is 6. The normalized spacial score (nSPS) is 13.6. The van der Waals surface area contributed by atoms with Gasteiger partial charge in [0.05, 0.1) is 18.2 Å². The Morgan fingerprint density at radius 3 is 1.19 bits per heavy atom. The highest BCUT2D eigenvalue weighted by atomic mass is 15.1. The quantitative estimate of drug-likeness (QED) is 0.113. The Balaban J connectivity index is 0.938. The zero-order valence-electron chi connectivity index (χ0n) is 35.3. The fourth-order valence-corrected chi connectivity index (χ4v) is 9.57. The molecule has 0 N–H and O–H groups in total. The number of para-hydroxylation sites is 2. The van der Waals surface area contributed by atoms with Gasteiger partial charge in [0.15, 0.2) is 5.69 Å².